The maximum absolute atomic E-state index is 6.66. The molecule has 4 aromatic heterocycles. The van der Waals surface area contributed by atoms with Gasteiger partial charge in [0, 0.05) is 54.8 Å². The molecule has 12 aromatic rings. The van der Waals surface area contributed by atoms with Crippen LogP contribution < -0.4 is 0 Å². The van der Waals surface area contributed by atoms with Crippen LogP contribution in [0.4, 0.5) is 0 Å². The van der Waals surface area contributed by atoms with Gasteiger partial charge in [0.15, 0.2) is 5.58 Å². The van der Waals surface area contributed by atoms with Gasteiger partial charge < -0.3 is 13.6 Å². The van der Waals surface area contributed by atoms with Gasteiger partial charge in [0.05, 0.1) is 27.8 Å². The van der Waals surface area contributed by atoms with E-state index in [9.17, 15) is 0 Å². The molecule has 0 aliphatic carbocycles. The molecule has 0 amide bonds. The second kappa shape index (κ2) is 11.9. The van der Waals surface area contributed by atoms with E-state index in [1.54, 1.807) is 0 Å². The van der Waals surface area contributed by atoms with E-state index in [0.29, 0.717) is 0 Å². The van der Waals surface area contributed by atoms with Gasteiger partial charge in [0.2, 0.25) is 0 Å². The predicted octanol–water partition coefficient (Wildman–Crippen LogP) is 12.7. The summed E-state index contributed by atoms with van der Waals surface area (Å²) in [5.74, 6) is 0. The first kappa shape index (κ1) is 30.7. The van der Waals surface area contributed by atoms with Crippen molar-refractivity contribution in [1.82, 2.24) is 24.1 Å². The van der Waals surface area contributed by atoms with Crippen molar-refractivity contribution in [2.45, 2.75) is 0 Å². The van der Waals surface area contributed by atoms with E-state index in [1.807, 2.05) is 35.0 Å². The Hall–Kier alpha value is -7.70. The monoisotopic (exact) mass is 717 g/mol. The Bertz CT molecular complexity index is 3480. The first-order valence-corrected chi connectivity index (χ1v) is 18.8. The molecule has 0 saturated carbocycles. The molecule has 0 bridgehead atoms. The van der Waals surface area contributed by atoms with Gasteiger partial charge in [-0.1, -0.05) is 139 Å². The summed E-state index contributed by atoms with van der Waals surface area (Å²) >= 11 is 0. The van der Waals surface area contributed by atoms with E-state index in [-0.39, 0.29) is 0 Å². The summed E-state index contributed by atoms with van der Waals surface area (Å²) in [6.07, 6.45) is 0. The summed E-state index contributed by atoms with van der Waals surface area (Å²) in [5, 5.41) is 16.5. The molecule has 0 atom stereocenters. The molecular formula is C50H31N5O. The number of benzene rings is 8. The third kappa shape index (κ3) is 4.44. The van der Waals surface area contributed by atoms with E-state index in [1.165, 1.54) is 16.2 Å². The van der Waals surface area contributed by atoms with Crippen LogP contribution in [0.1, 0.15) is 0 Å². The Morgan fingerprint density at radius 3 is 1.77 bits per heavy atom. The zero-order chi connectivity index (χ0) is 36.7. The maximum atomic E-state index is 6.66. The highest BCUT2D eigenvalue weighted by atomic mass is 16.3. The fourth-order valence-corrected chi connectivity index (χ4v) is 8.75. The van der Waals surface area contributed by atoms with E-state index < -0.39 is 0 Å². The zero-order valence-electron chi connectivity index (χ0n) is 30.0. The van der Waals surface area contributed by atoms with Gasteiger partial charge in [-0.25, -0.2) is 4.68 Å². The molecule has 0 radical (unpaired) electrons. The SMILES string of the molecule is c1ccc(-c2nnn(-c3ccc4c5ccccc5n(-c5cccc(-n6c7ccccc7c7ccc8c9ccccc9oc8c76)c5)c4c3)c2-c2ccccc2)cc1. The molecule has 6 nitrogen and oxygen atoms in total. The summed E-state index contributed by atoms with van der Waals surface area (Å²) in [6.45, 7) is 0. The van der Waals surface area contributed by atoms with E-state index in [4.69, 9.17) is 14.7 Å². The molecule has 56 heavy (non-hydrogen) atoms. The van der Waals surface area contributed by atoms with Gasteiger partial charge in [0.25, 0.3) is 0 Å². The Labute approximate surface area is 320 Å². The van der Waals surface area contributed by atoms with Crippen LogP contribution in [0, 0.1) is 0 Å². The second-order valence-corrected chi connectivity index (χ2v) is 14.3. The topological polar surface area (TPSA) is 53.7 Å². The number of nitrogens with zero attached hydrogens (tertiary/aromatic N) is 5. The highest BCUT2D eigenvalue weighted by molar-refractivity contribution is 6.21. The van der Waals surface area contributed by atoms with Crippen molar-refractivity contribution in [2.75, 3.05) is 0 Å². The summed E-state index contributed by atoms with van der Waals surface area (Å²) in [7, 11) is 0. The van der Waals surface area contributed by atoms with Gasteiger partial charge in [-0.3, -0.25) is 0 Å². The molecule has 262 valence electrons. The molecule has 6 heteroatoms. The van der Waals surface area contributed by atoms with Gasteiger partial charge in [0.1, 0.15) is 17.0 Å². The average Bonchev–Trinajstić information content (AvgIpc) is 4.04. The van der Waals surface area contributed by atoms with Crippen molar-refractivity contribution in [3.8, 4) is 39.6 Å². The quantitative estimate of drug-likeness (QED) is 0.178. The number of furan rings is 1. The fraction of sp³-hybridized carbons (Fsp3) is 0. The van der Waals surface area contributed by atoms with E-state index in [2.05, 4.69) is 167 Å². The lowest BCUT2D eigenvalue weighted by Crippen LogP contribution is -2.01. The number of hydrogen-bond acceptors (Lipinski definition) is 3. The van der Waals surface area contributed by atoms with Crippen LogP contribution in [0.3, 0.4) is 0 Å². The van der Waals surface area contributed by atoms with Crippen LogP contribution in [-0.2, 0) is 0 Å². The number of aromatic nitrogens is 5. The Morgan fingerprint density at radius 2 is 0.982 bits per heavy atom. The zero-order valence-corrected chi connectivity index (χ0v) is 30.0. The highest BCUT2D eigenvalue weighted by Gasteiger charge is 2.22. The average molecular weight is 718 g/mol. The normalized spacial score (nSPS) is 11.9. The summed E-state index contributed by atoms with van der Waals surface area (Å²) in [5.41, 5.74) is 13.1. The molecule has 8 aromatic carbocycles. The van der Waals surface area contributed by atoms with Crippen LogP contribution in [-0.4, -0.2) is 24.1 Å². The number of rotatable bonds is 5. The molecule has 0 unspecified atom stereocenters. The van der Waals surface area contributed by atoms with Gasteiger partial charge >= 0.3 is 0 Å². The lowest BCUT2D eigenvalue weighted by atomic mass is 10.0. The van der Waals surface area contributed by atoms with Gasteiger partial charge in [-0.15, -0.1) is 5.10 Å². The Balaban J connectivity index is 1.10. The number of para-hydroxylation sites is 3. The third-order valence-corrected chi connectivity index (χ3v) is 11.2. The van der Waals surface area contributed by atoms with Crippen LogP contribution in [0.25, 0.3) is 105 Å². The van der Waals surface area contributed by atoms with Crippen LogP contribution in [0.5, 0.6) is 0 Å². The minimum Gasteiger partial charge on any atom is -0.454 e. The summed E-state index contributed by atoms with van der Waals surface area (Å²) in [6, 6.07) is 66.2. The molecule has 0 saturated heterocycles. The van der Waals surface area contributed by atoms with Crippen LogP contribution in [0.2, 0.25) is 0 Å². The van der Waals surface area contributed by atoms with Crippen LogP contribution in [0.15, 0.2) is 192 Å². The molecule has 12 rings (SSSR count). The first-order valence-electron chi connectivity index (χ1n) is 18.8. The van der Waals surface area contributed by atoms with Crippen LogP contribution >= 0.6 is 0 Å². The van der Waals surface area contributed by atoms with Crippen molar-refractivity contribution >= 4 is 65.6 Å². The number of hydrogen-bond donors (Lipinski definition) is 0. The largest absolute Gasteiger partial charge is 0.454 e. The highest BCUT2D eigenvalue weighted by Crippen LogP contribution is 2.41. The predicted molar refractivity (Wildman–Crippen MR) is 228 cm³/mol. The standard InChI is InChI=1S/C50H31N5O/c1-3-14-32(15-4-1)47-48(33-16-5-2-6-17-33)55(52-51-47)36-26-27-39-37-20-7-10-23-43(37)53(45(39)31-36)34-18-13-19-35(30-34)54-44-24-11-8-21-38(44)41-28-29-42-40-22-9-12-25-46(40)56-50(42)49(41)54/h1-31H. The lowest BCUT2D eigenvalue weighted by Gasteiger charge is -2.14. The van der Waals surface area contributed by atoms with Crippen molar-refractivity contribution in [3.05, 3.63) is 188 Å². The minimum absolute atomic E-state index is 0.842. The second-order valence-electron chi connectivity index (χ2n) is 14.3. The molecule has 0 fully saturated rings. The minimum atomic E-state index is 0.842. The lowest BCUT2D eigenvalue weighted by molar-refractivity contribution is 0.671. The van der Waals surface area contributed by atoms with Crippen molar-refractivity contribution < 1.29 is 4.42 Å². The Morgan fingerprint density at radius 1 is 0.393 bits per heavy atom. The molecule has 0 spiro atoms. The fourth-order valence-electron chi connectivity index (χ4n) is 8.75. The van der Waals surface area contributed by atoms with Gasteiger partial charge in [-0.05, 0) is 54.6 Å². The molecule has 0 aliphatic rings. The van der Waals surface area contributed by atoms with Gasteiger partial charge in [-0.2, -0.15) is 0 Å². The maximum Gasteiger partial charge on any atom is 0.160 e. The smallest absolute Gasteiger partial charge is 0.160 e. The summed E-state index contributed by atoms with van der Waals surface area (Å²) < 4.78 is 13.4. The third-order valence-electron chi connectivity index (χ3n) is 11.2. The first-order chi connectivity index (χ1) is 27.8. The van der Waals surface area contributed by atoms with Crippen molar-refractivity contribution in [1.29, 1.82) is 0 Å². The summed E-state index contributed by atoms with van der Waals surface area (Å²) in [4.78, 5) is 0. The molecule has 0 N–H and O–H groups in total. The molecular weight excluding hydrogens is 687 g/mol. The molecule has 4 heterocycles. The Kier molecular flexibility index (Phi) is 6.53. The van der Waals surface area contributed by atoms with Crippen molar-refractivity contribution in [3.63, 3.8) is 0 Å². The number of fused-ring (bicyclic) bond motifs is 10. The molecule has 0 aliphatic heterocycles. The van der Waals surface area contributed by atoms with Crippen molar-refractivity contribution in [2.24, 2.45) is 0 Å². The van der Waals surface area contributed by atoms with E-state index >= 15 is 0 Å². The van der Waals surface area contributed by atoms with E-state index in [0.717, 1.165) is 89.0 Å².